The molecule has 4 heteroatoms. The minimum Gasteiger partial charge on any atom is -0.396 e. The number of urea groups is 1. The number of benzene rings is 1. The summed E-state index contributed by atoms with van der Waals surface area (Å²) in [5.41, 5.74) is 3.32. The molecule has 0 spiro atoms. The molecule has 1 aliphatic heterocycles. The lowest BCUT2D eigenvalue weighted by atomic mass is 9.99. The molecule has 2 amide bonds. The molecule has 1 aromatic rings. The van der Waals surface area contributed by atoms with Gasteiger partial charge in [0.05, 0.1) is 0 Å². The lowest BCUT2D eigenvalue weighted by Crippen LogP contribution is -2.43. The number of aliphatic hydroxyl groups is 1. The minimum absolute atomic E-state index is 0.0453. The van der Waals surface area contributed by atoms with Crippen LogP contribution in [-0.4, -0.2) is 35.7 Å². The van der Waals surface area contributed by atoms with Crippen LogP contribution in [0.15, 0.2) is 18.2 Å². The molecule has 1 aromatic carbocycles. The van der Waals surface area contributed by atoms with E-state index in [0.29, 0.717) is 6.54 Å². The molecular formula is C17H26N2O2. The van der Waals surface area contributed by atoms with Crippen LogP contribution in [0, 0.1) is 5.92 Å². The van der Waals surface area contributed by atoms with E-state index in [-0.39, 0.29) is 18.6 Å². The molecule has 1 fully saturated rings. The topological polar surface area (TPSA) is 52.6 Å². The zero-order valence-electron chi connectivity index (χ0n) is 13.1. The number of aryl methyl sites for hydroxylation is 2. The number of carbonyl (C=O) groups is 1. The molecule has 2 N–H and O–H groups in total. The predicted octanol–water partition coefficient (Wildman–Crippen LogP) is 3.05. The number of aliphatic hydroxyl groups excluding tert-OH is 1. The van der Waals surface area contributed by atoms with Crippen LogP contribution in [0.5, 0.6) is 0 Å². The molecule has 4 nitrogen and oxygen atoms in total. The van der Waals surface area contributed by atoms with Gasteiger partial charge in [0.2, 0.25) is 0 Å². The Balaban J connectivity index is 2.08. The maximum atomic E-state index is 12.4. The van der Waals surface area contributed by atoms with E-state index in [2.05, 4.69) is 37.4 Å². The summed E-state index contributed by atoms with van der Waals surface area (Å²) in [6, 6.07) is 6.25. The summed E-state index contributed by atoms with van der Waals surface area (Å²) in [6.45, 7) is 5.80. The third-order valence-corrected chi connectivity index (χ3v) is 4.27. The molecule has 1 unspecified atom stereocenters. The lowest BCUT2D eigenvalue weighted by molar-refractivity contribution is 0.136. The number of nitrogens with zero attached hydrogens (tertiary/aromatic N) is 1. The second-order valence-electron chi connectivity index (χ2n) is 5.77. The van der Waals surface area contributed by atoms with Crippen molar-refractivity contribution in [3.05, 3.63) is 29.3 Å². The summed E-state index contributed by atoms with van der Waals surface area (Å²) in [5.74, 6) is 0.220. The van der Waals surface area contributed by atoms with Gasteiger partial charge in [-0.3, -0.25) is 0 Å². The number of hydrogen-bond donors (Lipinski definition) is 2. The van der Waals surface area contributed by atoms with Crippen LogP contribution in [0.2, 0.25) is 0 Å². The monoisotopic (exact) mass is 290 g/mol. The molecule has 0 bridgehead atoms. The summed E-state index contributed by atoms with van der Waals surface area (Å²) < 4.78 is 0. The molecule has 1 atom stereocenters. The largest absolute Gasteiger partial charge is 0.396 e. The van der Waals surface area contributed by atoms with Gasteiger partial charge in [-0.1, -0.05) is 26.0 Å². The lowest BCUT2D eigenvalue weighted by Gasteiger charge is -2.32. The van der Waals surface area contributed by atoms with E-state index in [1.165, 1.54) is 5.56 Å². The smallest absolute Gasteiger partial charge is 0.321 e. The van der Waals surface area contributed by atoms with Crippen molar-refractivity contribution in [2.24, 2.45) is 5.92 Å². The SMILES string of the molecule is CCc1ccc(CC)c(NC(=O)N2CCCC(CO)C2)c1. The van der Waals surface area contributed by atoms with Crippen molar-refractivity contribution >= 4 is 11.7 Å². The minimum atomic E-state index is -0.0453. The van der Waals surface area contributed by atoms with E-state index in [1.807, 2.05) is 4.90 Å². The Labute approximate surface area is 127 Å². The van der Waals surface area contributed by atoms with Crippen molar-refractivity contribution in [2.75, 3.05) is 25.0 Å². The zero-order valence-corrected chi connectivity index (χ0v) is 13.1. The molecule has 116 valence electrons. The van der Waals surface area contributed by atoms with E-state index in [0.717, 1.165) is 43.5 Å². The summed E-state index contributed by atoms with van der Waals surface area (Å²) in [5, 5.41) is 12.3. The van der Waals surface area contributed by atoms with Gasteiger partial charge in [0.15, 0.2) is 0 Å². The van der Waals surface area contributed by atoms with Crippen LogP contribution in [-0.2, 0) is 12.8 Å². The molecular weight excluding hydrogens is 264 g/mol. The van der Waals surface area contributed by atoms with Gasteiger partial charge in [0.1, 0.15) is 0 Å². The predicted molar refractivity (Wildman–Crippen MR) is 85.6 cm³/mol. The third-order valence-electron chi connectivity index (χ3n) is 4.27. The van der Waals surface area contributed by atoms with Gasteiger partial charge < -0.3 is 15.3 Å². The van der Waals surface area contributed by atoms with Gasteiger partial charge in [-0.25, -0.2) is 4.79 Å². The number of hydrogen-bond acceptors (Lipinski definition) is 2. The summed E-state index contributed by atoms with van der Waals surface area (Å²) in [4.78, 5) is 14.3. The van der Waals surface area contributed by atoms with Gasteiger partial charge >= 0.3 is 6.03 Å². The fourth-order valence-corrected chi connectivity index (χ4v) is 2.86. The Morgan fingerprint density at radius 2 is 2.19 bits per heavy atom. The number of likely N-dealkylation sites (tertiary alicyclic amines) is 1. The number of amides is 2. The van der Waals surface area contributed by atoms with Crippen molar-refractivity contribution in [3.63, 3.8) is 0 Å². The number of carbonyl (C=O) groups excluding carboxylic acids is 1. The molecule has 0 saturated carbocycles. The summed E-state index contributed by atoms with van der Waals surface area (Å²) in [6.07, 6.45) is 3.84. The Bertz CT molecular complexity index is 488. The van der Waals surface area contributed by atoms with Crippen LogP contribution in [0.25, 0.3) is 0 Å². The third kappa shape index (κ3) is 3.97. The van der Waals surface area contributed by atoms with Gasteiger partial charge in [-0.15, -0.1) is 0 Å². The van der Waals surface area contributed by atoms with E-state index in [4.69, 9.17) is 0 Å². The highest BCUT2D eigenvalue weighted by Gasteiger charge is 2.23. The van der Waals surface area contributed by atoms with Crippen LogP contribution in [0.3, 0.4) is 0 Å². The highest BCUT2D eigenvalue weighted by atomic mass is 16.3. The summed E-state index contributed by atoms with van der Waals surface area (Å²) in [7, 11) is 0. The average molecular weight is 290 g/mol. The fraction of sp³-hybridized carbons (Fsp3) is 0.588. The van der Waals surface area contributed by atoms with Crippen molar-refractivity contribution in [2.45, 2.75) is 39.5 Å². The Morgan fingerprint density at radius 3 is 2.86 bits per heavy atom. The van der Waals surface area contributed by atoms with Crippen LogP contribution in [0.1, 0.15) is 37.8 Å². The standard InChI is InChI=1S/C17H26N2O2/c1-3-13-7-8-15(4-2)16(10-13)18-17(21)19-9-5-6-14(11-19)12-20/h7-8,10,14,20H,3-6,9,11-12H2,1-2H3,(H,18,21). The van der Waals surface area contributed by atoms with E-state index in [1.54, 1.807) is 0 Å². The first kappa shape index (κ1) is 15.8. The second-order valence-corrected chi connectivity index (χ2v) is 5.77. The van der Waals surface area contributed by atoms with Crippen LogP contribution < -0.4 is 5.32 Å². The highest BCUT2D eigenvalue weighted by Crippen LogP contribution is 2.21. The molecule has 0 radical (unpaired) electrons. The average Bonchev–Trinajstić information content (AvgIpc) is 2.54. The fourth-order valence-electron chi connectivity index (χ4n) is 2.86. The molecule has 1 aliphatic rings. The van der Waals surface area contributed by atoms with Gasteiger partial charge in [-0.2, -0.15) is 0 Å². The first-order valence-corrected chi connectivity index (χ1v) is 7.96. The van der Waals surface area contributed by atoms with E-state index < -0.39 is 0 Å². The zero-order chi connectivity index (χ0) is 15.2. The normalized spacial score (nSPS) is 18.6. The second kappa shape index (κ2) is 7.46. The van der Waals surface area contributed by atoms with E-state index >= 15 is 0 Å². The van der Waals surface area contributed by atoms with Crippen molar-refractivity contribution in [1.29, 1.82) is 0 Å². The van der Waals surface area contributed by atoms with E-state index in [9.17, 15) is 9.90 Å². The summed E-state index contributed by atoms with van der Waals surface area (Å²) >= 11 is 0. The first-order valence-electron chi connectivity index (χ1n) is 7.96. The molecule has 2 rings (SSSR count). The number of anilines is 1. The Kier molecular flexibility index (Phi) is 5.62. The molecule has 0 aliphatic carbocycles. The van der Waals surface area contributed by atoms with Crippen molar-refractivity contribution in [1.82, 2.24) is 4.90 Å². The van der Waals surface area contributed by atoms with Gasteiger partial charge in [-0.05, 0) is 48.8 Å². The van der Waals surface area contributed by atoms with Crippen molar-refractivity contribution < 1.29 is 9.90 Å². The molecule has 0 aromatic heterocycles. The van der Waals surface area contributed by atoms with Crippen LogP contribution in [0.4, 0.5) is 10.5 Å². The first-order chi connectivity index (χ1) is 10.2. The van der Waals surface area contributed by atoms with Gasteiger partial charge in [0.25, 0.3) is 0 Å². The molecule has 1 saturated heterocycles. The number of rotatable bonds is 4. The molecule has 1 heterocycles. The maximum Gasteiger partial charge on any atom is 0.321 e. The van der Waals surface area contributed by atoms with Gasteiger partial charge in [0, 0.05) is 25.4 Å². The number of nitrogens with one attached hydrogen (secondary N) is 1. The number of piperidine rings is 1. The Morgan fingerprint density at radius 1 is 1.38 bits per heavy atom. The highest BCUT2D eigenvalue weighted by molar-refractivity contribution is 5.90. The molecule has 21 heavy (non-hydrogen) atoms. The van der Waals surface area contributed by atoms with Crippen molar-refractivity contribution in [3.8, 4) is 0 Å². The Hall–Kier alpha value is -1.55. The maximum absolute atomic E-state index is 12.4. The quantitative estimate of drug-likeness (QED) is 0.895. The van der Waals surface area contributed by atoms with Crippen LogP contribution >= 0.6 is 0 Å².